The van der Waals surface area contributed by atoms with Crippen molar-refractivity contribution in [2.75, 3.05) is 0 Å². The zero-order chi connectivity index (χ0) is 19.1. The number of aromatic nitrogens is 4. The maximum atomic E-state index is 12.6. The summed E-state index contributed by atoms with van der Waals surface area (Å²) in [6.07, 6.45) is -3.70. The van der Waals surface area contributed by atoms with Gasteiger partial charge in [0.15, 0.2) is 11.6 Å². The minimum absolute atomic E-state index is 0.0175. The molecule has 0 saturated heterocycles. The second-order valence-corrected chi connectivity index (χ2v) is 6.92. The van der Waals surface area contributed by atoms with E-state index in [1.165, 1.54) is 6.07 Å². The number of phenolic OH excluding ortho intramolecular Hbond substituents is 1. The standard InChI is InChI=1S/C18H17F3N4O/c1-17(2,3)10-5-7-14(26)12(8-10)15-23-16(25-24-15)13-6-4-11(9-22-13)18(19,20)21/h4-9,26H,1-3H3,(H,23,24,25). The molecule has 0 atom stereocenters. The first kappa shape index (κ1) is 17.9. The zero-order valence-electron chi connectivity index (χ0n) is 14.4. The lowest BCUT2D eigenvalue weighted by atomic mass is 9.86. The highest BCUT2D eigenvalue weighted by molar-refractivity contribution is 5.66. The Morgan fingerprint density at radius 2 is 1.69 bits per heavy atom. The zero-order valence-corrected chi connectivity index (χ0v) is 14.4. The summed E-state index contributed by atoms with van der Waals surface area (Å²) >= 11 is 0. The largest absolute Gasteiger partial charge is 0.507 e. The Labute approximate surface area is 147 Å². The van der Waals surface area contributed by atoms with E-state index in [9.17, 15) is 18.3 Å². The van der Waals surface area contributed by atoms with Gasteiger partial charge in [0.2, 0.25) is 0 Å². The molecule has 0 bridgehead atoms. The van der Waals surface area contributed by atoms with E-state index in [1.54, 1.807) is 12.1 Å². The van der Waals surface area contributed by atoms with Crippen LogP contribution in [0.3, 0.4) is 0 Å². The van der Waals surface area contributed by atoms with E-state index in [2.05, 4.69) is 20.2 Å². The fraction of sp³-hybridized carbons (Fsp3) is 0.278. The van der Waals surface area contributed by atoms with Gasteiger partial charge < -0.3 is 5.11 Å². The predicted octanol–water partition coefficient (Wildman–Crippen LogP) is 4.56. The van der Waals surface area contributed by atoms with Gasteiger partial charge >= 0.3 is 6.18 Å². The summed E-state index contributed by atoms with van der Waals surface area (Å²) in [6.45, 7) is 6.12. The van der Waals surface area contributed by atoms with Crippen LogP contribution in [0, 0.1) is 0 Å². The molecule has 136 valence electrons. The molecule has 0 unspecified atom stereocenters. The van der Waals surface area contributed by atoms with E-state index in [1.807, 2.05) is 26.8 Å². The quantitative estimate of drug-likeness (QED) is 0.701. The van der Waals surface area contributed by atoms with E-state index in [4.69, 9.17) is 0 Å². The van der Waals surface area contributed by atoms with Crippen molar-refractivity contribution >= 4 is 0 Å². The number of hydrogen-bond acceptors (Lipinski definition) is 4. The lowest BCUT2D eigenvalue weighted by Gasteiger charge is -2.19. The number of nitrogens with zero attached hydrogens (tertiary/aromatic N) is 3. The summed E-state index contributed by atoms with van der Waals surface area (Å²) in [5.74, 6) is 0.475. The molecule has 0 fully saturated rings. The molecule has 0 radical (unpaired) electrons. The van der Waals surface area contributed by atoms with Gasteiger partial charge in [0.1, 0.15) is 11.4 Å². The van der Waals surface area contributed by atoms with Gasteiger partial charge in [-0.1, -0.05) is 26.8 Å². The Balaban J connectivity index is 1.96. The fourth-order valence-electron chi connectivity index (χ4n) is 2.38. The number of halogens is 3. The van der Waals surface area contributed by atoms with E-state index in [0.29, 0.717) is 5.56 Å². The monoisotopic (exact) mass is 362 g/mol. The highest BCUT2D eigenvalue weighted by Crippen LogP contribution is 2.33. The second kappa shape index (κ2) is 6.12. The molecular weight excluding hydrogens is 345 g/mol. The maximum absolute atomic E-state index is 12.6. The Morgan fingerprint density at radius 1 is 1.00 bits per heavy atom. The Kier molecular flexibility index (Phi) is 4.21. The van der Waals surface area contributed by atoms with E-state index >= 15 is 0 Å². The summed E-state index contributed by atoms with van der Waals surface area (Å²) in [7, 11) is 0. The van der Waals surface area contributed by atoms with Crippen LogP contribution >= 0.6 is 0 Å². The van der Waals surface area contributed by atoms with Crippen molar-refractivity contribution in [3.8, 4) is 28.7 Å². The van der Waals surface area contributed by atoms with Crippen LogP contribution in [-0.2, 0) is 11.6 Å². The minimum Gasteiger partial charge on any atom is -0.507 e. The van der Waals surface area contributed by atoms with Crippen LogP contribution in [0.15, 0.2) is 36.5 Å². The lowest BCUT2D eigenvalue weighted by molar-refractivity contribution is -0.137. The molecule has 3 rings (SSSR count). The summed E-state index contributed by atoms with van der Waals surface area (Å²) in [5, 5.41) is 16.8. The number of alkyl halides is 3. The molecule has 0 amide bonds. The number of pyridine rings is 1. The third-order valence-electron chi connectivity index (χ3n) is 3.92. The average Bonchev–Trinajstić information content (AvgIpc) is 3.03. The molecule has 2 N–H and O–H groups in total. The van der Waals surface area contributed by atoms with Crippen molar-refractivity contribution in [2.24, 2.45) is 0 Å². The number of aromatic amines is 1. The van der Waals surface area contributed by atoms with Crippen molar-refractivity contribution < 1.29 is 18.3 Å². The summed E-state index contributed by atoms with van der Waals surface area (Å²) in [5.41, 5.74) is 0.687. The number of benzene rings is 1. The lowest BCUT2D eigenvalue weighted by Crippen LogP contribution is -2.10. The van der Waals surface area contributed by atoms with Crippen molar-refractivity contribution in [3.63, 3.8) is 0 Å². The molecular formula is C18H17F3N4O. The van der Waals surface area contributed by atoms with Gasteiger partial charge in [-0.15, -0.1) is 0 Å². The molecule has 0 aliphatic heterocycles. The number of H-pyrrole nitrogens is 1. The van der Waals surface area contributed by atoms with Crippen LogP contribution < -0.4 is 0 Å². The van der Waals surface area contributed by atoms with Gasteiger partial charge in [-0.25, -0.2) is 4.98 Å². The summed E-state index contributed by atoms with van der Waals surface area (Å²) in [4.78, 5) is 8.04. The third kappa shape index (κ3) is 3.54. The minimum atomic E-state index is -4.45. The number of nitrogens with one attached hydrogen (secondary N) is 1. The van der Waals surface area contributed by atoms with Crippen LogP contribution in [0.5, 0.6) is 5.75 Å². The van der Waals surface area contributed by atoms with Crippen molar-refractivity contribution in [2.45, 2.75) is 32.4 Å². The van der Waals surface area contributed by atoms with Crippen LogP contribution in [0.1, 0.15) is 31.9 Å². The second-order valence-electron chi connectivity index (χ2n) is 6.92. The fourth-order valence-corrected chi connectivity index (χ4v) is 2.38. The van der Waals surface area contributed by atoms with Gasteiger partial charge in [0.05, 0.1) is 11.1 Å². The van der Waals surface area contributed by atoms with E-state index in [-0.39, 0.29) is 28.5 Å². The molecule has 2 heterocycles. The Hall–Kier alpha value is -2.90. The molecule has 3 aromatic rings. The molecule has 5 nitrogen and oxygen atoms in total. The van der Waals surface area contributed by atoms with Crippen LogP contribution in [-0.4, -0.2) is 25.3 Å². The highest BCUT2D eigenvalue weighted by atomic mass is 19.4. The van der Waals surface area contributed by atoms with Gasteiger partial charge in [-0.2, -0.15) is 18.3 Å². The Morgan fingerprint density at radius 3 is 2.27 bits per heavy atom. The SMILES string of the molecule is CC(C)(C)c1ccc(O)c(-c2n[nH]c(-c3ccc(C(F)(F)F)cn3)n2)c1. The van der Waals surface area contributed by atoms with E-state index in [0.717, 1.165) is 17.8 Å². The molecule has 2 aromatic heterocycles. The van der Waals surface area contributed by atoms with Crippen molar-refractivity contribution in [1.82, 2.24) is 20.2 Å². The predicted molar refractivity (Wildman–Crippen MR) is 90.4 cm³/mol. The van der Waals surface area contributed by atoms with Crippen LogP contribution in [0.25, 0.3) is 22.9 Å². The number of rotatable bonds is 2. The smallest absolute Gasteiger partial charge is 0.417 e. The molecule has 8 heteroatoms. The number of hydrogen-bond donors (Lipinski definition) is 2. The highest BCUT2D eigenvalue weighted by Gasteiger charge is 2.30. The summed E-state index contributed by atoms with van der Waals surface area (Å²) < 4.78 is 37.9. The van der Waals surface area contributed by atoms with E-state index < -0.39 is 11.7 Å². The van der Waals surface area contributed by atoms with Gasteiger partial charge in [-0.05, 0) is 35.2 Å². The average molecular weight is 362 g/mol. The number of phenols is 1. The molecule has 0 saturated carbocycles. The first-order valence-corrected chi connectivity index (χ1v) is 7.85. The third-order valence-corrected chi connectivity index (χ3v) is 3.92. The molecule has 0 spiro atoms. The van der Waals surface area contributed by atoms with Gasteiger partial charge in [0.25, 0.3) is 0 Å². The maximum Gasteiger partial charge on any atom is 0.417 e. The number of aromatic hydroxyl groups is 1. The Bertz CT molecular complexity index is 925. The molecule has 26 heavy (non-hydrogen) atoms. The molecule has 0 aliphatic carbocycles. The first-order valence-electron chi connectivity index (χ1n) is 7.85. The normalized spacial score (nSPS) is 12.4. The van der Waals surface area contributed by atoms with Crippen molar-refractivity contribution in [3.05, 3.63) is 47.7 Å². The van der Waals surface area contributed by atoms with Crippen molar-refractivity contribution in [1.29, 1.82) is 0 Å². The molecule has 0 aliphatic rings. The van der Waals surface area contributed by atoms with Crippen LogP contribution in [0.4, 0.5) is 13.2 Å². The molecule has 1 aromatic carbocycles. The topological polar surface area (TPSA) is 74.7 Å². The van der Waals surface area contributed by atoms with Gasteiger partial charge in [-0.3, -0.25) is 10.1 Å². The first-order chi connectivity index (χ1) is 12.1. The van der Waals surface area contributed by atoms with Crippen LogP contribution in [0.2, 0.25) is 0 Å². The summed E-state index contributed by atoms with van der Waals surface area (Å²) in [6, 6.07) is 7.34. The van der Waals surface area contributed by atoms with Gasteiger partial charge in [0, 0.05) is 6.20 Å².